The van der Waals surface area contributed by atoms with Gasteiger partial charge < -0.3 is 20.9 Å². The smallest absolute Gasteiger partial charge is 0.255 e. The molecule has 0 saturated carbocycles. The van der Waals surface area contributed by atoms with Gasteiger partial charge in [-0.25, -0.2) is 0 Å². The SMILES string of the molecule is Cc1sc2c(c1C)C(c1ccc(Cl)cc1)=N[C@@H](CC(=O)NCCCNCCCCCCC(=O)Nc1cccc3c1CN(C1CCC(=O)NC1=O)C3=O)c1nnc(C)n1-2. The Morgan fingerprint density at radius 1 is 0.931 bits per heavy atom. The van der Waals surface area contributed by atoms with E-state index in [9.17, 15) is 24.0 Å². The Labute approximate surface area is 346 Å². The predicted octanol–water partition coefficient (Wildman–Crippen LogP) is 5.64. The first-order chi connectivity index (χ1) is 28.0. The van der Waals surface area contributed by atoms with Crippen LogP contribution in [0.5, 0.6) is 0 Å². The van der Waals surface area contributed by atoms with E-state index < -0.39 is 18.0 Å². The Morgan fingerprint density at radius 2 is 1.71 bits per heavy atom. The summed E-state index contributed by atoms with van der Waals surface area (Å²) in [5, 5.41) is 22.3. The molecule has 1 unspecified atom stereocenters. The number of aliphatic imine (C=N–C) groups is 1. The van der Waals surface area contributed by atoms with Crippen molar-refractivity contribution in [1.82, 2.24) is 35.6 Å². The van der Waals surface area contributed by atoms with Crippen molar-refractivity contribution in [1.29, 1.82) is 0 Å². The van der Waals surface area contributed by atoms with E-state index >= 15 is 0 Å². The highest BCUT2D eigenvalue weighted by atomic mass is 35.5. The Morgan fingerprint density at radius 3 is 2.50 bits per heavy atom. The summed E-state index contributed by atoms with van der Waals surface area (Å²) in [5.41, 5.74) is 5.66. The number of nitrogens with zero attached hydrogens (tertiary/aromatic N) is 5. The van der Waals surface area contributed by atoms with Gasteiger partial charge in [-0.15, -0.1) is 21.5 Å². The number of nitrogens with one attached hydrogen (secondary N) is 4. The molecule has 58 heavy (non-hydrogen) atoms. The molecule has 0 spiro atoms. The van der Waals surface area contributed by atoms with Crippen molar-refractivity contribution in [2.75, 3.05) is 25.0 Å². The third-order valence-electron chi connectivity index (χ3n) is 11.0. The minimum absolute atomic E-state index is 0.0991. The second-order valence-electron chi connectivity index (χ2n) is 15.0. The van der Waals surface area contributed by atoms with E-state index in [1.54, 1.807) is 29.5 Å². The normalized spacial score (nSPS) is 17.3. The summed E-state index contributed by atoms with van der Waals surface area (Å²) >= 11 is 7.90. The van der Waals surface area contributed by atoms with Gasteiger partial charge in [-0.1, -0.05) is 42.6 Å². The van der Waals surface area contributed by atoms with Crippen LogP contribution in [0.15, 0.2) is 47.5 Å². The lowest BCUT2D eigenvalue weighted by molar-refractivity contribution is -0.137. The number of carbonyl (C=O) groups excluding carboxylic acids is 5. The zero-order chi connectivity index (χ0) is 40.9. The van der Waals surface area contributed by atoms with E-state index in [4.69, 9.17) is 16.6 Å². The zero-order valence-corrected chi connectivity index (χ0v) is 34.5. The van der Waals surface area contributed by atoms with E-state index in [0.717, 1.165) is 78.4 Å². The van der Waals surface area contributed by atoms with Crippen molar-refractivity contribution in [2.24, 2.45) is 4.99 Å². The lowest BCUT2D eigenvalue weighted by Gasteiger charge is -2.29. The standard InChI is InChI=1S/C42H48ClN9O5S/c1-24-25(2)58-42-37(24)38(27-13-15-28(43)16-14-27)47-32(39-50-49-26(3)52(39)42)22-36(55)45-21-9-20-44-19-7-5-4-6-12-34(53)46-31-11-8-10-29-30(31)23-51(41(29)57)33-17-18-35(54)48-40(33)56/h8,10-11,13-16,32-33,44H,4-7,9,12,17-23H2,1-3H3,(H,45,55)(H,46,53)(H,48,54,56)/t32-,33?/m0/s1. The number of benzene rings is 2. The quantitative estimate of drug-likeness (QED) is 0.0829. The van der Waals surface area contributed by atoms with E-state index in [2.05, 4.69) is 45.3 Å². The molecular formula is C42H48ClN9O5S. The maximum Gasteiger partial charge on any atom is 0.255 e. The molecule has 5 heterocycles. The number of amides is 5. The highest BCUT2D eigenvalue weighted by Crippen LogP contribution is 2.40. The monoisotopic (exact) mass is 825 g/mol. The van der Waals surface area contributed by atoms with Gasteiger partial charge in [0.1, 0.15) is 22.9 Å². The summed E-state index contributed by atoms with van der Waals surface area (Å²) < 4.78 is 2.05. The number of fused-ring (bicyclic) bond motifs is 4. The highest BCUT2D eigenvalue weighted by molar-refractivity contribution is 7.15. The maximum atomic E-state index is 13.3. The van der Waals surface area contributed by atoms with Crippen molar-refractivity contribution in [3.8, 4) is 5.00 Å². The maximum absolute atomic E-state index is 13.3. The third-order valence-corrected chi connectivity index (χ3v) is 12.4. The topological polar surface area (TPSA) is 180 Å². The lowest BCUT2D eigenvalue weighted by Crippen LogP contribution is -2.52. The van der Waals surface area contributed by atoms with Gasteiger partial charge in [-0.3, -0.25) is 38.8 Å². The Bertz CT molecular complexity index is 2270. The molecule has 3 aliphatic heterocycles. The van der Waals surface area contributed by atoms with Crippen LogP contribution in [0.2, 0.25) is 5.02 Å². The molecule has 1 saturated heterocycles. The zero-order valence-electron chi connectivity index (χ0n) is 33.0. The minimum atomic E-state index is -0.704. The average molecular weight is 826 g/mol. The number of unbranched alkanes of at least 4 members (excludes halogenated alkanes) is 3. The number of piperidine rings is 1. The fraction of sp³-hybridized carbons (Fsp3) is 0.429. The number of anilines is 1. The number of halogens is 1. The number of aromatic nitrogens is 3. The van der Waals surface area contributed by atoms with Crippen molar-refractivity contribution >= 4 is 63.9 Å². The molecule has 2 atom stereocenters. The summed E-state index contributed by atoms with van der Waals surface area (Å²) in [5.74, 6) is 0.120. The number of aryl methyl sites for hydroxylation is 2. The van der Waals surface area contributed by atoms with Crippen molar-refractivity contribution < 1.29 is 24.0 Å². The van der Waals surface area contributed by atoms with Crippen LogP contribution in [0.25, 0.3) is 5.00 Å². The number of thiophene rings is 1. The largest absolute Gasteiger partial charge is 0.356 e. The molecule has 2 aromatic heterocycles. The van der Waals surface area contributed by atoms with Crippen LogP contribution in [0.1, 0.15) is 113 Å². The number of rotatable bonds is 16. The van der Waals surface area contributed by atoms with Gasteiger partial charge in [0.05, 0.1) is 12.1 Å². The predicted molar refractivity (Wildman–Crippen MR) is 223 cm³/mol. The van der Waals surface area contributed by atoms with Crippen molar-refractivity contribution in [3.05, 3.63) is 91.8 Å². The molecule has 304 valence electrons. The lowest BCUT2D eigenvalue weighted by atomic mass is 9.99. The Balaban J connectivity index is 0.803. The van der Waals surface area contributed by atoms with E-state index in [-0.39, 0.29) is 49.4 Å². The molecule has 14 nitrogen and oxygen atoms in total. The first-order valence-electron chi connectivity index (χ1n) is 19.9. The van der Waals surface area contributed by atoms with Crippen LogP contribution in [0, 0.1) is 20.8 Å². The molecule has 0 bridgehead atoms. The molecule has 16 heteroatoms. The molecule has 4 N–H and O–H groups in total. The van der Waals surface area contributed by atoms with Crippen LogP contribution in [-0.4, -0.2) is 80.6 Å². The Kier molecular flexibility index (Phi) is 12.8. The average Bonchev–Trinajstić information content (AvgIpc) is 3.81. The van der Waals surface area contributed by atoms with E-state index in [1.807, 2.05) is 35.8 Å². The molecule has 3 aliphatic rings. The second-order valence-corrected chi connectivity index (χ2v) is 16.6. The van der Waals surface area contributed by atoms with Crippen LogP contribution in [-0.2, 0) is 25.7 Å². The number of carbonyl (C=O) groups is 5. The van der Waals surface area contributed by atoms with Gasteiger partial charge >= 0.3 is 0 Å². The van der Waals surface area contributed by atoms with Gasteiger partial charge in [-0.2, -0.15) is 0 Å². The molecule has 4 aromatic rings. The molecule has 5 amide bonds. The van der Waals surface area contributed by atoms with Gasteiger partial charge in [0, 0.05) is 63.8 Å². The first kappa shape index (κ1) is 40.9. The number of hydrogen-bond acceptors (Lipinski definition) is 10. The van der Waals surface area contributed by atoms with Crippen LogP contribution >= 0.6 is 22.9 Å². The summed E-state index contributed by atoms with van der Waals surface area (Å²) in [6.07, 6.45) is 5.35. The molecular weight excluding hydrogens is 778 g/mol. The highest BCUT2D eigenvalue weighted by Gasteiger charge is 2.40. The van der Waals surface area contributed by atoms with Gasteiger partial charge in [0.25, 0.3) is 5.91 Å². The van der Waals surface area contributed by atoms with Crippen molar-refractivity contribution in [3.63, 3.8) is 0 Å². The van der Waals surface area contributed by atoms with Gasteiger partial charge in [0.15, 0.2) is 5.82 Å². The number of hydrogen-bond donors (Lipinski definition) is 4. The first-order valence-corrected chi connectivity index (χ1v) is 21.1. The summed E-state index contributed by atoms with van der Waals surface area (Å²) in [4.78, 5) is 71.0. The van der Waals surface area contributed by atoms with Crippen molar-refractivity contribution in [2.45, 2.75) is 97.2 Å². The van der Waals surface area contributed by atoms with Crippen LogP contribution in [0.3, 0.4) is 0 Å². The van der Waals surface area contributed by atoms with E-state index in [0.29, 0.717) is 40.6 Å². The molecule has 0 aliphatic carbocycles. The molecule has 7 rings (SSSR count). The number of imide groups is 1. The third kappa shape index (κ3) is 8.91. The summed E-state index contributed by atoms with van der Waals surface area (Å²) in [6.45, 7) is 8.48. The molecule has 0 radical (unpaired) electrons. The minimum Gasteiger partial charge on any atom is -0.356 e. The van der Waals surface area contributed by atoms with Gasteiger partial charge in [-0.05, 0) is 89.4 Å². The fourth-order valence-corrected chi connectivity index (χ4v) is 9.09. The molecule has 2 aromatic carbocycles. The summed E-state index contributed by atoms with van der Waals surface area (Å²) in [7, 11) is 0. The van der Waals surface area contributed by atoms with Gasteiger partial charge in [0.2, 0.25) is 23.6 Å². The second kappa shape index (κ2) is 18.1. The Hall–Kier alpha value is -5.25. The van der Waals surface area contributed by atoms with Crippen LogP contribution in [0.4, 0.5) is 5.69 Å². The fourth-order valence-electron chi connectivity index (χ4n) is 7.75. The summed E-state index contributed by atoms with van der Waals surface area (Å²) in [6, 6.07) is 11.6. The van der Waals surface area contributed by atoms with E-state index in [1.165, 1.54) is 9.78 Å². The molecule has 1 fully saturated rings. The van der Waals surface area contributed by atoms with Crippen LogP contribution < -0.4 is 21.3 Å².